The number of carbonyl (C=O) groups excluding carboxylic acids is 1. The molecule has 0 saturated carbocycles. The van der Waals surface area contributed by atoms with Crippen LogP contribution in [0.25, 0.3) is 22.6 Å². The SMILES string of the molecule is Cc1occc1-c1nnc(SCC(=O)Nc2nc(-c3ccccc3)cs2)n1C(C)C. The molecule has 3 heterocycles. The summed E-state index contributed by atoms with van der Waals surface area (Å²) in [6.45, 7) is 6.02. The van der Waals surface area contributed by atoms with Crippen LogP contribution < -0.4 is 5.32 Å². The number of amides is 1. The molecule has 30 heavy (non-hydrogen) atoms. The highest BCUT2D eigenvalue weighted by atomic mass is 32.2. The van der Waals surface area contributed by atoms with Crippen LogP contribution in [0.4, 0.5) is 5.13 Å². The van der Waals surface area contributed by atoms with Gasteiger partial charge >= 0.3 is 0 Å². The number of rotatable bonds is 7. The first-order valence-electron chi connectivity index (χ1n) is 9.46. The average Bonchev–Trinajstić information content (AvgIpc) is 3.46. The minimum atomic E-state index is -0.131. The number of hydrogen-bond acceptors (Lipinski definition) is 7. The molecular weight excluding hydrogens is 418 g/mol. The van der Waals surface area contributed by atoms with Gasteiger partial charge in [-0.25, -0.2) is 4.98 Å². The Balaban J connectivity index is 1.43. The lowest BCUT2D eigenvalue weighted by atomic mass is 10.2. The summed E-state index contributed by atoms with van der Waals surface area (Å²) < 4.78 is 7.42. The van der Waals surface area contributed by atoms with Crippen molar-refractivity contribution in [2.24, 2.45) is 0 Å². The van der Waals surface area contributed by atoms with Crippen molar-refractivity contribution < 1.29 is 9.21 Å². The third kappa shape index (κ3) is 4.31. The number of anilines is 1. The zero-order valence-corrected chi connectivity index (χ0v) is 18.5. The molecule has 1 aromatic carbocycles. The molecule has 154 valence electrons. The van der Waals surface area contributed by atoms with Crippen molar-refractivity contribution in [1.82, 2.24) is 19.7 Å². The minimum absolute atomic E-state index is 0.131. The second kappa shape index (κ2) is 8.85. The van der Waals surface area contributed by atoms with Gasteiger partial charge in [0.15, 0.2) is 16.1 Å². The number of aromatic nitrogens is 4. The van der Waals surface area contributed by atoms with E-state index in [2.05, 4.69) is 34.3 Å². The van der Waals surface area contributed by atoms with Crippen molar-refractivity contribution in [3.8, 4) is 22.6 Å². The Kier molecular flexibility index (Phi) is 6.01. The molecule has 7 nitrogen and oxygen atoms in total. The van der Waals surface area contributed by atoms with Crippen LogP contribution in [0.3, 0.4) is 0 Å². The molecule has 0 saturated heterocycles. The van der Waals surface area contributed by atoms with Gasteiger partial charge in [-0.15, -0.1) is 21.5 Å². The molecule has 0 spiro atoms. The summed E-state index contributed by atoms with van der Waals surface area (Å²) in [5.74, 6) is 1.62. The highest BCUT2D eigenvalue weighted by molar-refractivity contribution is 7.99. The number of nitrogens with zero attached hydrogens (tertiary/aromatic N) is 4. The fraction of sp³-hybridized carbons (Fsp3) is 0.238. The fourth-order valence-corrected chi connectivity index (χ4v) is 4.60. The van der Waals surface area contributed by atoms with Crippen molar-refractivity contribution in [2.45, 2.75) is 32.0 Å². The molecule has 1 amide bonds. The second-order valence-corrected chi connectivity index (χ2v) is 8.70. The summed E-state index contributed by atoms with van der Waals surface area (Å²) in [4.78, 5) is 17.0. The maximum Gasteiger partial charge on any atom is 0.236 e. The number of aryl methyl sites for hydroxylation is 1. The molecule has 4 rings (SSSR count). The van der Waals surface area contributed by atoms with Crippen molar-refractivity contribution >= 4 is 34.1 Å². The standard InChI is InChI=1S/C21H21N5O2S2/c1-13(2)26-19(16-9-10-28-14(16)3)24-25-21(26)30-12-18(27)23-20-22-17(11-29-20)15-7-5-4-6-8-15/h4-11,13H,12H2,1-3H3,(H,22,23,27). The van der Waals surface area contributed by atoms with E-state index in [1.165, 1.54) is 23.1 Å². The highest BCUT2D eigenvalue weighted by Crippen LogP contribution is 2.30. The van der Waals surface area contributed by atoms with Gasteiger partial charge in [0.1, 0.15) is 5.76 Å². The lowest BCUT2D eigenvalue weighted by Crippen LogP contribution is -2.15. The number of hydrogen-bond donors (Lipinski definition) is 1. The number of furan rings is 1. The third-order valence-corrected chi connectivity index (χ3v) is 6.13. The first-order valence-corrected chi connectivity index (χ1v) is 11.3. The van der Waals surface area contributed by atoms with Gasteiger partial charge in [-0.1, -0.05) is 42.1 Å². The van der Waals surface area contributed by atoms with Crippen LogP contribution in [0, 0.1) is 6.92 Å². The first kappa shape index (κ1) is 20.4. The summed E-state index contributed by atoms with van der Waals surface area (Å²) in [5.41, 5.74) is 2.78. The van der Waals surface area contributed by atoms with Crippen molar-refractivity contribution in [3.05, 3.63) is 53.8 Å². The average molecular weight is 440 g/mol. The largest absolute Gasteiger partial charge is 0.469 e. The molecule has 0 atom stereocenters. The van der Waals surface area contributed by atoms with E-state index in [1.807, 2.05) is 53.3 Å². The van der Waals surface area contributed by atoms with E-state index in [4.69, 9.17) is 4.42 Å². The predicted octanol–water partition coefficient (Wildman–Crippen LogP) is 5.28. The normalized spacial score (nSPS) is 11.2. The number of benzene rings is 1. The molecule has 0 aliphatic rings. The molecular formula is C21H21N5O2S2. The predicted molar refractivity (Wildman–Crippen MR) is 120 cm³/mol. The smallest absolute Gasteiger partial charge is 0.236 e. The van der Waals surface area contributed by atoms with E-state index in [1.54, 1.807) is 6.26 Å². The minimum Gasteiger partial charge on any atom is -0.469 e. The van der Waals surface area contributed by atoms with Gasteiger partial charge < -0.3 is 9.73 Å². The monoisotopic (exact) mass is 439 g/mol. The molecule has 0 bridgehead atoms. The molecule has 4 aromatic rings. The number of nitrogens with one attached hydrogen (secondary N) is 1. The van der Waals surface area contributed by atoms with Gasteiger partial charge in [-0.3, -0.25) is 9.36 Å². The second-order valence-electron chi connectivity index (χ2n) is 6.90. The Hall–Kier alpha value is -2.91. The molecule has 0 unspecified atom stereocenters. The Morgan fingerprint density at radius 3 is 2.73 bits per heavy atom. The quantitative estimate of drug-likeness (QED) is 0.394. The zero-order valence-electron chi connectivity index (χ0n) is 16.8. The van der Waals surface area contributed by atoms with Gasteiger partial charge in [0.2, 0.25) is 5.91 Å². The van der Waals surface area contributed by atoms with E-state index in [9.17, 15) is 4.79 Å². The number of thioether (sulfide) groups is 1. The van der Waals surface area contributed by atoms with E-state index in [0.717, 1.165) is 28.4 Å². The molecule has 0 radical (unpaired) electrons. The van der Waals surface area contributed by atoms with Crippen molar-refractivity contribution in [3.63, 3.8) is 0 Å². The van der Waals surface area contributed by atoms with Gasteiger partial charge in [0, 0.05) is 17.0 Å². The third-order valence-electron chi connectivity index (χ3n) is 4.43. The van der Waals surface area contributed by atoms with Crippen molar-refractivity contribution in [1.29, 1.82) is 0 Å². The van der Waals surface area contributed by atoms with Crippen LogP contribution in [0.15, 0.2) is 57.6 Å². The summed E-state index contributed by atoms with van der Waals surface area (Å²) in [6.07, 6.45) is 1.64. The Bertz CT molecular complexity index is 1150. The summed E-state index contributed by atoms with van der Waals surface area (Å²) in [5, 5.41) is 14.7. The van der Waals surface area contributed by atoms with Gasteiger partial charge in [0.05, 0.1) is 23.3 Å². The summed E-state index contributed by atoms with van der Waals surface area (Å²) in [6, 6.07) is 11.9. The summed E-state index contributed by atoms with van der Waals surface area (Å²) >= 11 is 2.76. The fourth-order valence-electron chi connectivity index (χ4n) is 3.00. The van der Waals surface area contributed by atoms with E-state index in [-0.39, 0.29) is 17.7 Å². The Labute approximate surface area is 182 Å². The Morgan fingerprint density at radius 1 is 1.23 bits per heavy atom. The maximum atomic E-state index is 12.5. The zero-order chi connectivity index (χ0) is 21.1. The molecule has 1 N–H and O–H groups in total. The topological polar surface area (TPSA) is 85.8 Å². The van der Waals surface area contributed by atoms with Crippen LogP contribution in [0.5, 0.6) is 0 Å². The Morgan fingerprint density at radius 2 is 2.03 bits per heavy atom. The molecule has 0 aliphatic carbocycles. The molecule has 3 aromatic heterocycles. The molecule has 0 aliphatic heterocycles. The highest BCUT2D eigenvalue weighted by Gasteiger charge is 2.20. The van der Waals surface area contributed by atoms with Crippen LogP contribution in [-0.4, -0.2) is 31.4 Å². The van der Waals surface area contributed by atoms with Gasteiger partial charge in [-0.05, 0) is 26.8 Å². The van der Waals surface area contributed by atoms with Crippen LogP contribution >= 0.6 is 23.1 Å². The van der Waals surface area contributed by atoms with E-state index >= 15 is 0 Å². The number of thiazole rings is 1. The lowest BCUT2D eigenvalue weighted by Gasteiger charge is -2.13. The van der Waals surface area contributed by atoms with E-state index < -0.39 is 0 Å². The van der Waals surface area contributed by atoms with Crippen LogP contribution in [0.1, 0.15) is 25.6 Å². The molecule has 0 fully saturated rings. The van der Waals surface area contributed by atoms with Crippen LogP contribution in [-0.2, 0) is 4.79 Å². The maximum absolute atomic E-state index is 12.5. The van der Waals surface area contributed by atoms with Crippen molar-refractivity contribution in [2.75, 3.05) is 11.1 Å². The first-order chi connectivity index (χ1) is 14.5. The van der Waals surface area contributed by atoms with Gasteiger partial charge in [-0.2, -0.15) is 0 Å². The number of carbonyl (C=O) groups is 1. The van der Waals surface area contributed by atoms with E-state index in [0.29, 0.717) is 10.3 Å². The lowest BCUT2D eigenvalue weighted by molar-refractivity contribution is -0.113. The van der Waals surface area contributed by atoms with Gasteiger partial charge in [0.25, 0.3) is 0 Å². The van der Waals surface area contributed by atoms with Crippen LogP contribution in [0.2, 0.25) is 0 Å². The molecule has 9 heteroatoms. The summed E-state index contributed by atoms with van der Waals surface area (Å²) in [7, 11) is 0.